The summed E-state index contributed by atoms with van der Waals surface area (Å²) in [6.07, 6.45) is 6.50. The summed E-state index contributed by atoms with van der Waals surface area (Å²) in [4.78, 5) is 18.0. The lowest BCUT2D eigenvalue weighted by Crippen LogP contribution is -2.51. The number of nitrogens with one attached hydrogen (secondary N) is 1. The molecule has 2 aliphatic heterocycles. The number of methoxy groups -OCH3 is 1. The fourth-order valence-corrected chi connectivity index (χ4v) is 4.96. The molecule has 3 rings (SSSR count). The van der Waals surface area contributed by atoms with Gasteiger partial charge in [-0.1, -0.05) is 24.6 Å². The largest absolute Gasteiger partial charge is 0.496 e. The Kier molecular flexibility index (Phi) is 7.96. The molecule has 1 amide bonds. The van der Waals surface area contributed by atoms with E-state index in [9.17, 15) is 4.79 Å². The molecule has 4 unspecified atom stereocenters. The van der Waals surface area contributed by atoms with Gasteiger partial charge in [0, 0.05) is 24.7 Å². The topological polar surface area (TPSA) is 44.8 Å². The summed E-state index contributed by atoms with van der Waals surface area (Å²) >= 11 is 0. The van der Waals surface area contributed by atoms with Gasteiger partial charge in [-0.05, 0) is 71.5 Å². The van der Waals surface area contributed by atoms with Gasteiger partial charge in [0.05, 0.1) is 19.2 Å². The van der Waals surface area contributed by atoms with E-state index in [-0.39, 0.29) is 18.0 Å². The van der Waals surface area contributed by atoms with Crippen LogP contribution in [0.2, 0.25) is 0 Å². The van der Waals surface area contributed by atoms with Crippen LogP contribution in [0.15, 0.2) is 24.3 Å². The Balaban J connectivity index is 1.54. The minimum Gasteiger partial charge on any atom is -0.496 e. The second-order valence-corrected chi connectivity index (χ2v) is 8.99. The van der Waals surface area contributed by atoms with Crippen molar-refractivity contribution in [3.8, 4) is 5.75 Å². The quantitative estimate of drug-likeness (QED) is 0.754. The average Bonchev–Trinajstić information content (AvgIpc) is 2.75. The van der Waals surface area contributed by atoms with Crippen LogP contribution in [0, 0.1) is 5.92 Å². The Hall–Kier alpha value is -1.59. The van der Waals surface area contributed by atoms with E-state index >= 15 is 0 Å². The highest BCUT2D eigenvalue weighted by atomic mass is 16.5. The second kappa shape index (κ2) is 10.4. The van der Waals surface area contributed by atoms with Crippen LogP contribution in [-0.4, -0.2) is 61.1 Å². The molecule has 1 N–H and O–H groups in total. The first-order valence-electron chi connectivity index (χ1n) is 11.4. The Morgan fingerprint density at radius 1 is 1.17 bits per heavy atom. The van der Waals surface area contributed by atoms with Gasteiger partial charge in [-0.3, -0.25) is 9.69 Å². The Bertz CT molecular complexity index is 665. The number of carbonyl (C=O) groups excluding carboxylic acids is 1. The molecule has 0 aromatic heterocycles. The first-order valence-corrected chi connectivity index (χ1v) is 11.4. The number of ether oxygens (including phenoxy) is 1. The minimum atomic E-state index is -0.103. The molecule has 29 heavy (non-hydrogen) atoms. The number of piperidine rings is 2. The van der Waals surface area contributed by atoms with Gasteiger partial charge in [-0.25, -0.2) is 0 Å². The maximum Gasteiger partial charge on any atom is 0.237 e. The number of hydrogen-bond acceptors (Lipinski definition) is 4. The summed E-state index contributed by atoms with van der Waals surface area (Å²) in [5, 5.41) is 3.20. The third-order valence-corrected chi connectivity index (χ3v) is 6.88. The van der Waals surface area contributed by atoms with Crippen molar-refractivity contribution < 1.29 is 9.53 Å². The van der Waals surface area contributed by atoms with Crippen LogP contribution in [0.25, 0.3) is 0 Å². The van der Waals surface area contributed by atoms with Crippen LogP contribution in [0.5, 0.6) is 5.75 Å². The van der Waals surface area contributed by atoms with Gasteiger partial charge in [0.2, 0.25) is 5.91 Å². The highest BCUT2D eigenvalue weighted by Crippen LogP contribution is 2.26. The van der Waals surface area contributed by atoms with Crippen LogP contribution in [0.3, 0.4) is 0 Å². The van der Waals surface area contributed by atoms with E-state index < -0.39 is 0 Å². The fraction of sp³-hybridized carbons (Fsp3) is 0.708. The zero-order valence-corrected chi connectivity index (χ0v) is 18.7. The van der Waals surface area contributed by atoms with E-state index in [0.717, 1.165) is 24.4 Å². The fourth-order valence-electron chi connectivity index (χ4n) is 4.96. The molecule has 1 aromatic rings. The summed E-state index contributed by atoms with van der Waals surface area (Å²) in [6, 6.07) is 8.44. The summed E-state index contributed by atoms with van der Waals surface area (Å²) < 4.78 is 5.45. The summed E-state index contributed by atoms with van der Waals surface area (Å²) in [5.41, 5.74) is 1.02. The van der Waals surface area contributed by atoms with E-state index in [1.807, 2.05) is 31.2 Å². The molecule has 2 aliphatic rings. The number of benzene rings is 1. The van der Waals surface area contributed by atoms with E-state index in [2.05, 4.69) is 29.0 Å². The van der Waals surface area contributed by atoms with Gasteiger partial charge in [-0.15, -0.1) is 0 Å². The molecule has 0 bridgehead atoms. The lowest BCUT2D eigenvalue weighted by molar-refractivity contribution is -0.127. The van der Waals surface area contributed by atoms with Crippen LogP contribution >= 0.6 is 0 Å². The van der Waals surface area contributed by atoms with Crippen LogP contribution in [0.1, 0.15) is 64.5 Å². The lowest BCUT2D eigenvalue weighted by atomic mass is 9.94. The molecule has 0 radical (unpaired) electrons. The third-order valence-electron chi connectivity index (χ3n) is 6.88. The van der Waals surface area contributed by atoms with E-state index in [0.29, 0.717) is 12.0 Å². The predicted octanol–water partition coefficient (Wildman–Crippen LogP) is 3.85. The van der Waals surface area contributed by atoms with Gasteiger partial charge >= 0.3 is 0 Å². The van der Waals surface area contributed by atoms with Crippen molar-refractivity contribution in [2.45, 2.75) is 71.0 Å². The standard InChI is InChI=1S/C24H39N3O2/c1-18-10-7-8-14-26(18)16-21-11-9-15-27(17-21)20(3)24(28)25-19(2)22-12-5-6-13-23(22)29-4/h5-6,12-13,18-21H,7-11,14-17H2,1-4H3,(H,25,28). The van der Waals surface area contributed by atoms with Crippen LogP contribution in [-0.2, 0) is 4.79 Å². The molecule has 0 aliphatic carbocycles. The Morgan fingerprint density at radius 2 is 1.97 bits per heavy atom. The number of amides is 1. The number of hydrogen-bond donors (Lipinski definition) is 1. The second-order valence-electron chi connectivity index (χ2n) is 8.99. The summed E-state index contributed by atoms with van der Waals surface area (Å²) in [5.74, 6) is 1.60. The van der Waals surface area contributed by atoms with E-state index in [1.165, 1.54) is 45.2 Å². The van der Waals surface area contributed by atoms with Crippen molar-refractivity contribution in [3.63, 3.8) is 0 Å². The molecular formula is C24H39N3O2. The Labute approximate surface area is 176 Å². The zero-order valence-electron chi connectivity index (χ0n) is 18.7. The smallest absolute Gasteiger partial charge is 0.237 e. The molecule has 162 valence electrons. The van der Waals surface area contributed by atoms with Crippen LogP contribution < -0.4 is 10.1 Å². The van der Waals surface area contributed by atoms with E-state index in [4.69, 9.17) is 4.74 Å². The molecule has 0 spiro atoms. The van der Waals surface area contributed by atoms with Crippen molar-refractivity contribution >= 4 is 5.91 Å². The van der Waals surface area contributed by atoms with Gasteiger partial charge in [0.15, 0.2) is 0 Å². The number of nitrogens with zero attached hydrogens (tertiary/aromatic N) is 2. The van der Waals surface area contributed by atoms with Crippen molar-refractivity contribution in [2.24, 2.45) is 5.92 Å². The van der Waals surface area contributed by atoms with Crippen molar-refractivity contribution in [2.75, 3.05) is 33.3 Å². The first kappa shape index (κ1) is 22.1. The number of para-hydroxylation sites is 1. The molecule has 5 heteroatoms. The lowest BCUT2D eigenvalue weighted by Gasteiger charge is -2.41. The Morgan fingerprint density at radius 3 is 2.72 bits per heavy atom. The molecule has 5 nitrogen and oxygen atoms in total. The summed E-state index contributed by atoms with van der Waals surface area (Å²) in [6.45, 7) is 10.9. The monoisotopic (exact) mass is 401 g/mol. The van der Waals surface area contributed by atoms with Crippen molar-refractivity contribution in [1.29, 1.82) is 0 Å². The molecule has 1 aromatic carbocycles. The van der Waals surface area contributed by atoms with Crippen molar-refractivity contribution in [1.82, 2.24) is 15.1 Å². The highest BCUT2D eigenvalue weighted by Gasteiger charge is 2.30. The van der Waals surface area contributed by atoms with Gasteiger partial charge in [0.1, 0.15) is 5.75 Å². The molecule has 2 fully saturated rings. The maximum absolute atomic E-state index is 13.0. The summed E-state index contributed by atoms with van der Waals surface area (Å²) in [7, 11) is 1.67. The third kappa shape index (κ3) is 5.73. The number of carbonyl (C=O) groups is 1. The normalized spacial score (nSPS) is 25.9. The molecule has 2 saturated heterocycles. The molecular weight excluding hydrogens is 362 g/mol. The molecule has 2 heterocycles. The molecule has 4 atom stereocenters. The minimum absolute atomic E-state index is 0.0733. The maximum atomic E-state index is 13.0. The average molecular weight is 402 g/mol. The zero-order chi connectivity index (χ0) is 20.8. The van der Waals surface area contributed by atoms with Crippen molar-refractivity contribution in [3.05, 3.63) is 29.8 Å². The van der Waals surface area contributed by atoms with Gasteiger partial charge in [0.25, 0.3) is 0 Å². The molecule has 0 saturated carbocycles. The van der Waals surface area contributed by atoms with E-state index in [1.54, 1.807) is 7.11 Å². The SMILES string of the molecule is COc1ccccc1C(C)NC(=O)C(C)N1CCCC(CN2CCCCC2C)C1. The number of rotatable bonds is 7. The van der Waals surface area contributed by atoms with Gasteiger partial charge in [-0.2, -0.15) is 0 Å². The van der Waals surface area contributed by atoms with Crippen LogP contribution in [0.4, 0.5) is 0 Å². The predicted molar refractivity (Wildman–Crippen MR) is 118 cm³/mol. The first-order chi connectivity index (χ1) is 14.0. The number of likely N-dealkylation sites (tertiary alicyclic amines) is 2. The highest BCUT2D eigenvalue weighted by molar-refractivity contribution is 5.81. The van der Waals surface area contributed by atoms with Gasteiger partial charge < -0.3 is 15.0 Å².